The Balaban J connectivity index is 2.01. The number of H-pyrrole nitrogens is 1. The van der Waals surface area contributed by atoms with E-state index in [0.717, 1.165) is 5.69 Å². The van der Waals surface area contributed by atoms with Crippen LogP contribution in [0.25, 0.3) is 0 Å². The highest BCUT2D eigenvalue weighted by atomic mass is 16.4. The standard InChI is InChI=1S/C12H17N3O3/c1-6(12(17)18)9-4-15(5-9)11(16)10-7(2)13-14-8(10)3/h6,9H,4-5H2,1-3H3,(H,13,14)(H,17,18). The number of carboxylic acid groups (broad SMARTS) is 1. The van der Waals surface area contributed by atoms with Gasteiger partial charge < -0.3 is 10.0 Å². The maximum absolute atomic E-state index is 12.2. The van der Waals surface area contributed by atoms with Gasteiger partial charge in [-0.1, -0.05) is 6.92 Å². The Morgan fingerprint density at radius 3 is 2.50 bits per heavy atom. The molecule has 6 nitrogen and oxygen atoms in total. The van der Waals surface area contributed by atoms with Gasteiger partial charge >= 0.3 is 5.97 Å². The fraction of sp³-hybridized carbons (Fsp3) is 0.583. The number of aromatic nitrogens is 2. The molecule has 6 heteroatoms. The van der Waals surface area contributed by atoms with Gasteiger partial charge in [-0.3, -0.25) is 14.7 Å². The van der Waals surface area contributed by atoms with E-state index < -0.39 is 11.9 Å². The normalized spacial score (nSPS) is 17.4. The number of carbonyl (C=O) groups excluding carboxylic acids is 1. The van der Waals surface area contributed by atoms with E-state index in [9.17, 15) is 9.59 Å². The molecular weight excluding hydrogens is 234 g/mol. The molecule has 2 N–H and O–H groups in total. The molecule has 0 bridgehead atoms. The van der Waals surface area contributed by atoms with Crippen LogP contribution in [0.1, 0.15) is 28.7 Å². The first-order valence-corrected chi connectivity index (χ1v) is 5.95. The predicted molar refractivity (Wildman–Crippen MR) is 64.3 cm³/mol. The van der Waals surface area contributed by atoms with Crippen molar-refractivity contribution in [2.45, 2.75) is 20.8 Å². The molecule has 1 fully saturated rings. The fourth-order valence-corrected chi connectivity index (χ4v) is 2.22. The Morgan fingerprint density at radius 1 is 1.44 bits per heavy atom. The summed E-state index contributed by atoms with van der Waals surface area (Å²) in [5, 5.41) is 15.7. The number of nitrogens with one attached hydrogen (secondary N) is 1. The first kappa shape index (κ1) is 12.6. The first-order chi connectivity index (χ1) is 8.41. The van der Waals surface area contributed by atoms with Crippen molar-refractivity contribution < 1.29 is 14.7 Å². The lowest BCUT2D eigenvalue weighted by atomic mass is 9.86. The smallest absolute Gasteiger partial charge is 0.306 e. The molecule has 0 spiro atoms. The van der Waals surface area contributed by atoms with Gasteiger partial charge in [-0.05, 0) is 13.8 Å². The Kier molecular flexibility index (Phi) is 3.11. The summed E-state index contributed by atoms with van der Waals surface area (Å²) in [6, 6.07) is 0. The zero-order chi connectivity index (χ0) is 13.4. The van der Waals surface area contributed by atoms with Crippen molar-refractivity contribution in [3.05, 3.63) is 17.0 Å². The van der Waals surface area contributed by atoms with Crippen LogP contribution in [0, 0.1) is 25.7 Å². The van der Waals surface area contributed by atoms with E-state index in [1.165, 1.54) is 0 Å². The summed E-state index contributed by atoms with van der Waals surface area (Å²) in [5.41, 5.74) is 2.05. The highest BCUT2D eigenvalue weighted by Crippen LogP contribution is 2.26. The minimum absolute atomic E-state index is 0.0546. The molecule has 0 aromatic carbocycles. The van der Waals surface area contributed by atoms with Crippen molar-refractivity contribution in [2.75, 3.05) is 13.1 Å². The highest BCUT2D eigenvalue weighted by molar-refractivity contribution is 5.96. The van der Waals surface area contributed by atoms with E-state index in [4.69, 9.17) is 5.11 Å². The van der Waals surface area contributed by atoms with Crippen molar-refractivity contribution in [1.82, 2.24) is 15.1 Å². The van der Waals surface area contributed by atoms with E-state index in [1.54, 1.807) is 18.7 Å². The lowest BCUT2D eigenvalue weighted by Gasteiger charge is -2.41. The molecule has 98 valence electrons. The number of hydrogen-bond acceptors (Lipinski definition) is 3. The largest absolute Gasteiger partial charge is 0.481 e. The van der Waals surface area contributed by atoms with Gasteiger partial charge in [-0.15, -0.1) is 0 Å². The number of hydrogen-bond donors (Lipinski definition) is 2. The summed E-state index contributed by atoms with van der Waals surface area (Å²) in [5.74, 6) is -1.21. The molecule has 2 rings (SSSR count). The van der Waals surface area contributed by atoms with Crippen molar-refractivity contribution in [3.8, 4) is 0 Å². The molecule has 1 atom stereocenters. The Labute approximate surface area is 105 Å². The van der Waals surface area contributed by atoms with Crippen LogP contribution in [0.3, 0.4) is 0 Å². The summed E-state index contributed by atoms with van der Waals surface area (Å²) in [7, 11) is 0. The molecule has 2 heterocycles. The predicted octanol–water partition coefficient (Wildman–Crippen LogP) is 0.819. The van der Waals surface area contributed by atoms with Crippen molar-refractivity contribution in [3.63, 3.8) is 0 Å². The van der Waals surface area contributed by atoms with Gasteiger partial charge in [-0.25, -0.2) is 0 Å². The minimum atomic E-state index is -0.803. The molecule has 0 saturated carbocycles. The number of rotatable bonds is 3. The van der Waals surface area contributed by atoms with E-state index in [1.807, 2.05) is 6.92 Å². The van der Waals surface area contributed by atoms with Crippen LogP contribution < -0.4 is 0 Å². The van der Waals surface area contributed by atoms with Crippen LogP contribution in [-0.4, -0.2) is 45.2 Å². The molecule has 0 aliphatic carbocycles. The second kappa shape index (κ2) is 4.44. The van der Waals surface area contributed by atoms with Gasteiger partial charge in [-0.2, -0.15) is 5.10 Å². The lowest BCUT2D eigenvalue weighted by molar-refractivity contribution is -0.144. The second-order valence-corrected chi connectivity index (χ2v) is 4.91. The van der Waals surface area contributed by atoms with Crippen LogP contribution in [0.15, 0.2) is 0 Å². The van der Waals surface area contributed by atoms with Gasteiger partial charge in [0.1, 0.15) is 0 Å². The Bertz CT molecular complexity index is 469. The van der Waals surface area contributed by atoms with Crippen molar-refractivity contribution >= 4 is 11.9 Å². The number of amides is 1. The summed E-state index contributed by atoms with van der Waals surface area (Å²) < 4.78 is 0. The van der Waals surface area contributed by atoms with Crippen LogP contribution in [-0.2, 0) is 4.79 Å². The number of likely N-dealkylation sites (tertiary alicyclic amines) is 1. The maximum atomic E-state index is 12.2. The highest BCUT2D eigenvalue weighted by Gasteiger charge is 2.38. The molecule has 0 radical (unpaired) electrons. The average molecular weight is 251 g/mol. The lowest BCUT2D eigenvalue weighted by Crippen LogP contribution is -2.53. The molecule has 1 aromatic rings. The number of aromatic amines is 1. The van der Waals surface area contributed by atoms with E-state index in [-0.39, 0.29) is 11.8 Å². The molecule has 1 unspecified atom stereocenters. The van der Waals surface area contributed by atoms with Crippen LogP contribution >= 0.6 is 0 Å². The van der Waals surface area contributed by atoms with Crippen molar-refractivity contribution in [2.24, 2.45) is 11.8 Å². The molecule has 1 amide bonds. The third-order valence-corrected chi connectivity index (χ3v) is 3.64. The molecule has 1 saturated heterocycles. The van der Waals surface area contributed by atoms with Crippen molar-refractivity contribution in [1.29, 1.82) is 0 Å². The van der Waals surface area contributed by atoms with Crippen LogP contribution in [0.4, 0.5) is 0 Å². The fourth-order valence-electron chi connectivity index (χ4n) is 2.22. The SMILES string of the molecule is Cc1n[nH]c(C)c1C(=O)N1CC(C(C)C(=O)O)C1. The molecule has 1 aromatic heterocycles. The van der Waals surface area contributed by atoms with Gasteiger partial charge in [0.05, 0.1) is 17.2 Å². The van der Waals surface area contributed by atoms with E-state index in [2.05, 4.69) is 10.2 Å². The summed E-state index contributed by atoms with van der Waals surface area (Å²) >= 11 is 0. The first-order valence-electron chi connectivity index (χ1n) is 5.95. The summed E-state index contributed by atoms with van der Waals surface area (Å²) in [4.78, 5) is 24.7. The number of carboxylic acids is 1. The van der Waals surface area contributed by atoms with Gasteiger partial charge in [0.2, 0.25) is 0 Å². The Morgan fingerprint density at radius 2 is 2.06 bits per heavy atom. The second-order valence-electron chi connectivity index (χ2n) is 4.91. The molecule has 1 aliphatic heterocycles. The zero-order valence-electron chi connectivity index (χ0n) is 10.7. The van der Waals surface area contributed by atoms with E-state index in [0.29, 0.717) is 24.3 Å². The number of nitrogens with zero attached hydrogens (tertiary/aromatic N) is 2. The zero-order valence-corrected chi connectivity index (χ0v) is 10.7. The van der Waals surface area contributed by atoms with Crippen LogP contribution in [0.2, 0.25) is 0 Å². The van der Waals surface area contributed by atoms with Gasteiger partial charge in [0.15, 0.2) is 0 Å². The quantitative estimate of drug-likeness (QED) is 0.832. The van der Waals surface area contributed by atoms with E-state index >= 15 is 0 Å². The van der Waals surface area contributed by atoms with Gasteiger partial charge in [0.25, 0.3) is 5.91 Å². The molecule has 1 aliphatic rings. The topological polar surface area (TPSA) is 86.3 Å². The van der Waals surface area contributed by atoms with Gasteiger partial charge in [0, 0.05) is 24.7 Å². The summed E-state index contributed by atoms with van der Waals surface area (Å²) in [6.45, 7) is 6.30. The summed E-state index contributed by atoms with van der Waals surface area (Å²) in [6.07, 6.45) is 0. The minimum Gasteiger partial charge on any atom is -0.481 e. The number of aliphatic carboxylic acids is 1. The molecule has 18 heavy (non-hydrogen) atoms. The maximum Gasteiger partial charge on any atom is 0.306 e. The van der Waals surface area contributed by atoms with Crippen LogP contribution in [0.5, 0.6) is 0 Å². The Hall–Kier alpha value is -1.85. The number of aryl methyl sites for hydroxylation is 2. The average Bonchev–Trinajstić information content (AvgIpc) is 2.55. The third-order valence-electron chi connectivity index (χ3n) is 3.64. The monoisotopic (exact) mass is 251 g/mol. The molecular formula is C12H17N3O3. The number of carbonyl (C=O) groups is 2. The third kappa shape index (κ3) is 1.98.